The second kappa shape index (κ2) is 7.19. The number of piperidine rings is 1. The zero-order valence-corrected chi connectivity index (χ0v) is 14.6. The molecule has 3 aromatic rings. The van der Waals surface area contributed by atoms with E-state index in [4.69, 9.17) is 0 Å². The molecule has 0 spiro atoms. The van der Waals surface area contributed by atoms with Crippen LogP contribution in [0.1, 0.15) is 33.6 Å². The molecule has 6 nitrogen and oxygen atoms in total. The van der Waals surface area contributed by atoms with Crippen LogP contribution in [0.4, 0.5) is 4.39 Å². The maximum atomic E-state index is 13.3. The van der Waals surface area contributed by atoms with E-state index in [1.165, 1.54) is 18.2 Å². The van der Waals surface area contributed by atoms with Gasteiger partial charge in [0.2, 0.25) is 0 Å². The molecular weight excluding hydrogens is 347 g/mol. The van der Waals surface area contributed by atoms with Gasteiger partial charge < -0.3 is 15.2 Å². The lowest BCUT2D eigenvalue weighted by atomic mass is 10.0. The lowest BCUT2D eigenvalue weighted by Gasteiger charge is -2.32. The highest BCUT2D eigenvalue weighted by Gasteiger charge is 2.25. The van der Waals surface area contributed by atoms with Crippen molar-refractivity contribution < 1.29 is 14.0 Å². The third kappa shape index (κ3) is 3.67. The first-order valence-electron chi connectivity index (χ1n) is 8.89. The van der Waals surface area contributed by atoms with Crippen LogP contribution in [0.25, 0.3) is 11.0 Å². The number of benzene rings is 2. The second-order valence-electron chi connectivity index (χ2n) is 6.68. The van der Waals surface area contributed by atoms with Crippen molar-refractivity contribution in [1.29, 1.82) is 0 Å². The molecule has 7 heteroatoms. The largest absolute Gasteiger partial charge is 0.349 e. The van der Waals surface area contributed by atoms with E-state index in [1.807, 2.05) is 12.1 Å². The van der Waals surface area contributed by atoms with E-state index >= 15 is 0 Å². The number of nitrogens with zero attached hydrogens (tertiary/aromatic N) is 2. The van der Waals surface area contributed by atoms with Crippen LogP contribution in [0.5, 0.6) is 0 Å². The molecule has 1 aliphatic rings. The van der Waals surface area contributed by atoms with Crippen LogP contribution in [0.3, 0.4) is 0 Å². The Kier molecular flexibility index (Phi) is 4.58. The van der Waals surface area contributed by atoms with Gasteiger partial charge in [-0.25, -0.2) is 9.37 Å². The van der Waals surface area contributed by atoms with Gasteiger partial charge in [0.1, 0.15) is 5.82 Å². The van der Waals surface area contributed by atoms with Crippen molar-refractivity contribution in [2.75, 3.05) is 13.1 Å². The summed E-state index contributed by atoms with van der Waals surface area (Å²) < 4.78 is 13.3. The molecule has 2 amide bonds. The van der Waals surface area contributed by atoms with Gasteiger partial charge in [0.05, 0.1) is 17.4 Å². The van der Waals surface area contributed by atoms with Gasteiger partial charge in [-0.2, -0.15) is 0 Å². The smallest absolute Gasteiger partial charge is 0.253 e. The molecule has 1 saturated heterocycles. The van der Waals surface area contributed by atoms with E-state index in [0.29, 0.717) is 37.1 Å². The highest BCUT2D eigenvalue weighted by atomic mass is 19.1. The summed E-state index contributed by atoms with van der Waals surface area (Å²) >= 11 is 0. The molecule has 4 rings (SSSR count). The summed E-state index contributed by atoms with van der Waals surface area (Å²) in [5, 5.41) is 2.93. The molecule has 2 N–H and O–H groups in total. The standard InChI is InChI=1S/C20H19FN4O2/c21-15-3-1-2-13(10-15)19(26)24-16-6-8-25(9-7-16)20(27)14-4-5-17-18(11-14)23-12-22-17/h1-5,10-12,16H,6-9H2,(H,22,23)(H,24,26). The number of imidazole rings is 1. The van der Waals surface area contributed by atoms with Crippen molar-refractivity contribution in [3.63, 3.8) is 0 Å². The Bertz CT molecular complexity index is 992. The van der Waals surface area contributed by atoms with Crippen molar-refractivity contribution in [3.05, 3.63) is 65.7 Å². The fourth-order valence-corrected chi connectivity index (χ4v) is 3.38. The number of carbonyl (C=O) groups excluding carboxylic acids is 2. The molecule has 0 atom stereocenters. The summed E-state index contributed by atoms with van der Waals surface area (Å²) in [6, 6.07) is 11.0. The predicted molar refractivity (Wildman–Crippen MR) is 98.9 cm³/mol. The van der Waals surface area contributed by atoms with E-state index in [2.05, 4.69) is 15.3 Å². The zero-order chi connectivity index (χ0) is 18.8. The summed E-state index contributed by atoms with van der Waals surface area (Å²) in [5.41, 5.74) is 2.58. The molecule has 0 aliphatic carbocycles. The van der Waals surface area contributed by atoms with Crippen molar-refractivity contribution in [2.45, 2.75) is 18.9 Å². The van der Waals surface area contributed by atoms with Crippen molar-refractivity contribution in [3.8, 4) is 0 Å². The van der Waals surface area contributed by atoms with Crippen molar-refractivity contribution >= 4 is 22.8 Å². The number of carbonyl (C=O) groups is 2. The molecule has 0 radical (unpaired) electrons. The number of H-pyrrole nitrogens is 1. The Morgan fingerprint density at radius 3 is 2.70 bits per heavy atom. The molecule has 1 aromatic heterocycles. The third-order valence-corrected chi connectivity index (χ3v) is 4.87. The van der Waals surface area contributed by atoms with Crippen LogP contribution in [0.2, 0.25) is 0 Å². The van der Waals surface area contributed by atoms with Gasteiger partial charge in [0.25, 0.3) is 11.8 Å². The van der Waals surface area contributed by atoms with Gasteiger partial charge in [0.15, 0.2) is 0 Å². The Morgan fingerprint density at radius 1 is 1.11 bits per heavy atom. The number of likely N-dealkylation sites (tertiary alicyclic amines) is 1. The number of hydrogen-bond acceptors (Lipinski definition) is 3. The minimum atomic E-state index is -0.433. The Hall–Kier alpha value is -3.22. The minimum absolute atomic E-state index is 0.0265. The minimum Gasteiger partial charge on any atom is -0.349 e. The first-order valence-corrected chi connectivity index (χ1v) is 8.89. The van der Waals surface area contributed by atoms with Gasteiger partial charge in [0, 0.05) is 30.3 Å². The maximum absolute atomic E-state index is 13.3. The number of amides is 2. The molecule has 1 aliphatic heterocycles. The number of halogens is 1. The molecule has 0 bridgehead atoms. The number of aromatic amines is 1. The van der Waals surface area contributed by atoms with Crippen molar-refractivity contribution in [2.24, 2.45) is 0 Å². The normalized spacial score (nSPS) is 15.1. The SMILES string of the molecule is O=C(NC1CCN(C(=O)c2ccc3nc[nH]c3c2)CC1)c1cccc(F)c1. The maximum Gasteiger partial charge on any atom is 0.253 e. The second-order valence-corrected chi connectivity index (χ2v) is 6.68. The fourth-order valence-electron chi connectivity index (χ4n) is 3.38. The lowest BCUT2D eigenvalue weighted by molar-refractivity contribution is 0.0698. The van der Waals surface area contributed by atoms with Crippen molar-refractivity contribution in [1.82, 2.24) is 20.2 Å². The molecule has 2 aromatic carbocycles. The van der Waals surface area contributed by atoms with E-state index in [9.17, 15) is 14.0 Å². The fraction of sp³-hybridized carbons (Fsp3) is 0.250. The molecular formula is C20H19FN4O2. The van der Waals surface area contributed by atoms with Gasteiger partial charge in [-0.15, -0.1) is 0 Å². The lowest BCUT2D eigenvalue weighted by Crippen LogP contribution is -2.46. The van der Waals surface area contributed by atoms with Gasteiger partial charge in [-0.05, 0) is 49.2 Å². The Labute approximate surface area is 155 Å². The highest BCUT2D eigenvalue weighted by molar-refractivity contribution is 5.97. The highest BCUT2D eigenvalue weighted by Crippen LogP contribution is 2.17. The molecule has 27 heavy (non-hydrogen) atoms. The van der Waals surface area contributed by atoms with E-state index in [0.717, 1.165) is 11.0 Å². The van der Waals surface area contributed by atoms with Gasteiger partial charge in [-0.3, -0.25) is 9.59 Å². The number of hydrogen-bond donors (Lipinski definition) is 2. The summed E-state index contributed by atoms with van der Waals surface area (Å²) in [6.45, 7) is 1.13. The van der Waals surface area contributed by atoms with E-state index in [-0.39, 0.29) is 17.9 Å². The number of rotatable bonds is 3. The van der Waals surface area contributed by atoms with Crippen LogP contribution in [0.15, 0.2) is 48.8 Å². The first kappa shape index (κ1) is 17.2. The molecule has 138 valence electrons. The summed E-state index contributed by atoms with van der Waals surface area (Å²) in [5.74, 6) is -0.748. The van der Waals surface area contributed by atoms with E-state index in [1.54, 1.807) is 23.4 Å². The Balaban J connectivity index is 1.35. The van der Waals surface area contributed by atoms with Crippen LogP contribution in [-0.2, 0) is 0 Å². The Morgan fingerprint density at radius 2 is 1.93 bits per heavy atom. The van der Waals surface area contributed by atoms with Crippen LogP contribution in [0, 0.1) is 5.82 Å². The number of fused-ring (bicyclic) bond motifs is 1. The van der Waals surface area contributed by atoms with Crippen LogP contribution >= 0.6 is 0 Å². The summed E-state index contributed by atoms with van der Waals surface area (Å²) in [6.07, 6.45) is 2.93. The molecule has 0 unspecified atom stereocenters. The third-order valence-electron chi connectivity index (χ3n) is 4.87. The van der Waals surface area contributed by atoms with E-state index < -0.39 is 5.82 Å². The molecule has 1 fully saturated rings. The first-order chi connectivity index (χ1) is 13.1. The monoisotopic (exact) mass is 366 g/mol. The summed E-state index contributed by atoms with van der Waals surface area (Å²) in [7, 11) is 0. The van der Waals surface area contributed by atoms with Crippen LogP contribution in [-0.4, -0.2) is 45.8 Å². The molecule has 0 saturated carbocycles. The number of aromatic nitrogens is 2. The number of nitrogens with one attached hydrogen (secondary N) is 2. The molecule has 2 heterocycles. The summed E-state index contributed by atoms with van der Waals surface area (Å²) in [4.78, 5) is 33.9. The van der Waals surface area contributed by atoms with Gasteiger partial charge in [-0.1, -0.05) is 6.07 Å². The average Bonchev–Trinajstić information content (AvgIpc) is 3.16. The topological polar surface area (TPSA) is 78.1 Å². The zero-order valence-electron chi connectivity index (χ0n) is 14.6. The van der Waals surface area contributed by atoms with Gasteiger partial charge >= 0.3 is 0 Å². The van der Waals surface area contributed by atoms with Crippen LogP contribution < -0.4 is 5.32 Å². The quantitative estimate of drug-likeness (QED) is 0.748. The predicted octanol–water partition coefficient (Wildman–Crippen LogP) is 2.74. The average molecular weight is 366 g/mol.